The first-order chi connectivity index (χ1) is 9.61. The normalized spacial score (nSPS) is 17.8. The minimum absolute atomic E-state index is 0.212. The van der Waals surface area contributed by atoms with Crippen LogP contribution >= 0.6 is 0 Å². The number of nitrogens with zero attached hydrogens (tertiary/aromatic N) is 2. The summed E-state index contributed by atoms with van der Waals surface area (Å²) < 4.78 is 0. The number of piperidine rings is 1. The van der Waals surface area contributed by atoms with E-state index in [-0.39, 0.29) is 5.41 Å². The van der Waals surface area contributed by atoms with Crippen LogP contribution in [-0.4, -0.2) is 23.9 Å². The molecule has 0 atom stereocenters. The van der Waals surface area contributed by atoms with E-state index in [2.05, 4.69) is 13.0 Å². The highest BCUT2D eigenvalue weighted by molar-refractivity contribution is 5.76. The number of carbonyl (C=O) groups excluding carboxylic acids is 1. The Morgan fingerprint density at radius 3 is 2.20 bits per heavy atom. The second kappa shape index (κ2) is 9.00. The van der Waals surface area contributed by atoms with Crippen molar-refractivity contribution in [3.8, 4) is 6.07 Å². The number of nitriles is 1. The van der Waals surface area contributed by atoms with Gasteiger partial charge in [-0.25, -0.2) is 0 Å². The molecular formula is C17H30N2O. The molecule has 1 aliphatic rings. The zero-order valence-electron chi connectivity index (χ0n) is 13.3. The van der Waals surface area contributed by atoms with Crippen molar-refractivity contribution in [1.82, 2.24) is 4.90 Å². The quantitative estimate of drug-likeness (QED) is 0.622. The van der Waals surface area contributed by atoms with Gasteiger partial charge in [0.1, 0.15) is 0 Å². The third kappa shape index (κ3) is 5.94. The van der Waals surface area contributed by atoms with Crippen molar-refractivity contribution < 1.29 is 4.79 Å². The highest BCUT2D eigenvalue weighted by atomic mass is 16.2. The molecule has 1 amide bonds. The highest BCUT2D eigenvalue weighted by Crippen LogP contribution is 2.30. The maximum atomic E-state index is 12.1. The number of hydrogen-bond acceptors (Lipinski definition) is 2. The lowest BCUT2D eigenvalue weighted by molar-refractivity contribution is -0.133. The second-order valence-electron chi connectivity index (χ2n) is 6.42. The van der Waals surface area contributed by atoms with Crippen molar-refractivity contribution in [1.29, 1.82) is 5.26 Å². The van der Waals surface area contributed by atoms with Gasteiger partial charge in [0.15, 0.2) is 0 Å². The molecule has 3 nitrogen and oxygen atoms in total. The molecular weight excluding hydrogens is 248 g/mol. The van der Waals surface area contributed by atoms with E-state index in [4.69, 9.17) is 5.26 Å². The molecule has 0 N–H and O–H groups in total. The van der Waals surface area contributed by atoms with Crippen LogP contribution in [0.3, 0.4) is 0 Å². The fourth-order valence-electron chi connectivity index (χ4n) is 2.75. The maximum absolute atomic E-state index is 12.1. The Labute approximate surface area is 124 Å². The van der Waals surface area contributed by atoms with Gasteiger partial charge in [-0.05, 0) is 26.2 Å². The SMILES string of the molecule is CCCCCCCCCC(=O)N1CCC(C)(C#N)CC1. The Morgan fingerprint density at radius 1 is 1.10 bits per heavy atom. The predicted octanol–water partition coefficient (Wildman–Crippen LogP) is 4.28. The summed E-state index contributed by atoms with van der Waals surface area (Å²) in [4.78, 5) is 14.0. The van der Waals surface area contributed by atoms with E-state index in [1.807, 2.05) is 11.8 Å². The molecule has 0 aliphatic carbocycles. The van der Waals surface area contributed by atoms with E-state index in [1.54, 1.807) is 0 Å². The van der Waals surface area contributed by atoms with Gasteiger partial charge < -0.3 is 4.90 Å². The van der Waals surface area contributed by atoms with Crippen molar-refractivity contribution in [2.45, 2.75) is 78.1 Å². The number of unbranched alkanes of at least 4 members (excludes halogenated alkanes) is 6. The van der Waals surface area contributed by atoms with Gasteiger partial charge in [-0.3, -0.25) is 4.79 Å². The smallest absolute Gasteiger partial charge is 0.222 e. The lowest BCUT2D eigenvalue weighted by atomic mass is 9.82. The van der Waals surface area contributed by atoms with Crippen molar-refractivity contribution in [3.05, 3.63) is 0 Å². The molecule has 1 fully saturated rings. The predicted molar refractivity (Wildman–Crippen MR) is 82.1 cm³/mol. The van der Waals surface area contributed by atoms with Gasteiger partial charge in [0.05, 0.1) is 11.5 Å². The van der Waals surface area contributed by atoms with Gasteiger partial charge in [0.2, 0.25) is 5.91 Å². The summed E-state index contributed by atoms with van der Waals surface area (Å²) >= 11 is 0. The van der Waals surface area contributed by atoms with Crippen LogP contribution in [0.15, 0.2) is 0 Å². The Morgan fingerprint density at radius 2 is 1.65 bits per heavy atom. The summed E-state index contributed by atoms with van der Waals surface area (Å²) in [5.41, 5.74) is -0.212. The molecule has 3 heteroatoms. The van der Waals surface area contributed by atoms with E-state index in [1.165, 1.54) is 38.5 Å². The fourth-order valence-corrected chi connectivity index (χ4v) is 2.75. The first-order valence-corrected chi connectivity index (χ1v) is 8.30. The summed E-state index contributed by atoms with van der Waals surface area (Å²) in [6.45, 7) is 5.76. The zero-order valence-corrected chi connectivity index (χ0v) is 13.3. The Hall–Kier alpha value is -1.04. The van der Waals surface area contributed by atoms with Crippen LogP contribution in [-0.2, 0) is 4.79 Å². The van der Waals surface area contributed by atoms with Crippen LogP contribution in [0.4, 0.5) is 0 Å². The summed E-state index contributed by atoms with van der Waals surface area (Å²) in [6.07, 6.45) is 11.1. The van der Waals surface area contributed by atoms with E-state index in [0.29, 0.717) is 12.3 Å². The molecule has 0 bridgehead atoms. The first kappa shape index (κ1) is 17.0. The minimum Gasteiger partial charge on any atom is -0.343 e. The lowest BCUT2D eigenvalue weighted by Gasteiger charge is -2.35. The van der Waals surface area contributed by atoms with Gasteiger partial charge in [0.25, 0.3) is 0 Å². The molecule has 1 rings (SSSR count). The first-order valence-electron chi connectivity index (χ1n) is 8.30. The highest BCUT2D eigenvalue weighted by Gasteiger charge is 2.31. The van der Waals surface area contributed by atoms with Crippen LogP contribution in [0.25, 0.3) is 0 Å². The summed E-state index contributed by atoms with van der Waals surface area (Å²) in [5.74, 6) is 0.290. The van der Waals surface area contributed by atoms with Crippen molar-refractivity contribution >= 4 is 5.91 Å². The molecule has 0 spiro atoms. The van der Waals surface area contributed by atoms with Gasteiger partial charge in [-0.1, -0.05) is 45.4 Å². The number of carbonyl (C=O) groups is 1. The topological polar surface area (TPSA) is 44.1 Å². The molecule has 0 unspecified atom stereocenters. The monoisotopic (exact) mass is 278 g/mol. The molecule has 0 aromatic carbocycles. The molecule has 1 saturated heterocycles. The fraction of sp³-hybridized carbons (Fsp3) is 0.882. The molecule has 0 aromatic rings. The molecule has 114 valence electrons. The molecule has 1 heterocycles. The summed E-state index contributed by atoms with van der Waals surface area (Å²) in [6, 6.07) is 2.38. The largest absolute Gasteiger partial charge is 0.343 e. The van der Waals surface area contributed by atoms with Crippen LogP contribution in [0, 0.1) is 16.7 Å². The van der Waals surface area contributed by atoms with Crippen LogP contribution < -0.4 is 0 Å². The van der Waals surface area contributed by atoms with Gasteiger partial charge in [-0.2, -0.15) is 5.26 Å². The summed E-state index contributed by atoms with van der Waals surface area (Å²) in [5, 5.41) is 9.08. The number of likely N-dealkylation sites (tertiary alicyclic amines) is 1. The van der Waals surface area contributed by atoms with E-state index in [9.17, 15) is 4.79 Å². The number of rotatable bonds is 8. The Balaban J connectivity index is 2.08. The maximum Gasteiger partial charge on any atom is 0.222 e. The Kier molecular flexibility index (Phi) is 7.65. The van der Waals surface area contributed by atoms with Crippen molar-refractivity contribution in [2.75, 3.05) is 13.1 Å². The third-order valence-corrected chi connectivity index (χ3v) is 4.48. The van der Waals surface area contributed by atoms with Crippen LogP contribution in [0.1, 0.15) is 78.1 Å². The van der Waals surface area contributed by atoms with Crippen LogP contribution in [0.5, 0.6) is 0 Å². The average Bonchev–Trinajstić information content (AvgIpc) is 2.47. The van der Waals surface area contributed by atoms with E-state index < -0.39 is 0 Å². The molecule has 1 aliphatic heterocycles. The molecule has 20 heavy (non-hydrogen) atoms. The van der Waals surface area contributed by atoms with Gasteiger partial charge >= 0.3 is 0 Å². The summed E-state index contributed by atoms with van der Waals surface area (Å²) in [7, 11) is 0. The van der Waals surface area contributed by atoms with Crippen molar-refractivity contribution in [3.63, 3.8) is 0 Å². The van der Waals surface area contributed by atoms with E-state index in [0.717, 1.165) is 32.4 Å². The van der Waals surface area contributed by atoms with E-state index >= 15 is 0 Å². The third-order valence-electron chi connectivity index (χ3n) is 4.48. The average molecular weight is 278 g/mol. The standard InChI is InChI=1S/C17H30N2O/c1-3-4-5-6-7-8-9-10-16(20)19-13-11-17(2,15-18)12-14-19/h3-14H2,1-2H3. The second-order valence-corrected chi connectivity index (χ2v) is 6.42. The van der Waals surface area contributed by atoms with Gasteiger partial charge in [0, 0.05) is 19.5 Å². The molecule has 0 aromatic heterocycles. The lowest BCUT2D eigenvalue weighted by Crippen LogP contribution is -2.41. The molecule has 0 saturated carbocycles. The number of amides is 1. The van der Waals surface area contributed by atoms with Crippen molar-refractivity contribution in [2.24, 2.45) is 5.41 Å². The van der Waals surface area contributed by atoms with Crippen LogP contribution in [0.2, 0.25) is 0 Å². The van der Waals surface area contributed by atoms with Gasteiger partial charge in [-0.15, -0.1) is 0 Å². The number of hydrogen-bond donors (Lipinski definition) is 0. The Bertz CT molecular complexity index is 324. The minimum atomic E-state index is -0.212. The zero-order chi connectivity index (χ0) is 14.8. The molecule has 0 radical (unpaired) electrons.